The summed E-state index contributed by atoms with van der Waals surface area (Å²) < 4.78 is 0. The Balaban J connectivity index is 0.00000242. The van der Waals surface area contributed by atoms with Gasteiger partial charge in [0.25, 0.3) is 5.91 Å². The molecule has 1 aliphatic rings. The van der Waals surface area contributed by atoms with Gasteiger partial charge >= 0.3 is 0 Å². The molecule has 1 aliphatic heterocycles. The van der Waals surface area contributed by atoms with Gasteiger partial charge in [-0.05, 0) is 44.0 Å². The smallest absolute Gasteiger partial charge is 0.251 e. The maximum Gasteiger partial charge on any atom is 0.251 e. The second-order valence-electron chi connectivity index (χ2n) is 5.37. The topological polar surface area (TPSA) is 70.2 Å². The van der Waals surface area contributed by atoms with E-state index in [2.05, 4.69) is 16.0 Å². The van der Waals surface area contributed by atoms with Crippen LogP contribution in [0.1, 0.15) is 29.6 Å². The number of rotatable bonds is 7. The number of amides is 2. The lowest BCUT2D eigenvalue weighted by Crippen LogP contribution is -2.34. The number of hydrogen-bond donors (Lipinski definition) is 3. The van der Waals surface area contributed by atoms with Crippen LogP contribution in [0, 0.1) is 5.92 Å². The lowest BCUT2D eigenvalue weighted by Gasteiger charge is -2.09. The second kappa shape index (κ2) is 10.2. The lowest BCUT2D eigenvalue weighted by molar-refractivity contribution is -0.121. The first-order valence-corrected chi connectivity index (χ1v) is 7.56. The van der Waals surface area contributed by atoms with Gasteiger partial charge in [-0.25, -0.2) is 0 Å². The van der Waals surface area contributed by atoms with Crippen LogP contribution in [0.3, 0.4) is 0 Å². The molecule has 0 spiro atoms. The Labute approximate surface area is 137 Å². The first kappa shape index (κ1) is 18.5. The van der Waals surface area contributed by atoms with E-state index in [1.165, 1.54) is 6.42 Å². The highest BCUT2D eigenvalue weighted by Gasteiger charge is 2.15. The van der Waals surface area contributed by atoms with E-state index in [0.717, 1.165) is 19.5 Å². The molecule has 0 bridgehead atoms. The zero-order valence-corrected chi connectivity index (χ0v) is 13.5. The predicted octanol–water partition coefficient (Wildman–Crippen LogP) is 1.34. The van der Waals surface area contributed by atoms with Crippen LogP contribution in [0.25, 0.3) is 0 Å². The van der Waals surface area contributed by atoms with Crippen molar-refractivity contribution in [1.29, 1.82) is 0 Å². The molecule has 6 heteroatoms. The number of benzene rings is 1. The molecule has 22 heavy (non-hydrogen) atoms. The summed E-state index contributed by atoms with van der Waals surface area (Å²) in [5.74, 6) is 0.589. The first-order valence-electron chi connectivity index (χ1n) is 7.56. The Morgan fingerprint density at radius 1 is 1.14 bits per heavy atom. The average molecular weight is 326 g/mol. The second-order valence-corrected chi connectivity index (χ2v) is 5.37. The van der Waals surface area contributed by atoms with Crippen LogP contribution in [0.15, 0.2) is 30.3 Å². The molecular formula is C16H24ClN3O2. The monoisotopic (exact) mass is 325 g/mol. The summed E-state index contributed by atoms with van der Waals surface area (Å²) in [6.45, 7) is 3.02. The number of hydrogen-bond acceptors (Lipinski definition) is 3. The van der Waals surface area contributed by atoms with Crippen molar-refractivity contribution in [2.75, 3.05) is 26.2 Å². The molecule has 0 aliphatic carbocycles. The third-order valence-electron chi connectivity index (χ3n) is 3.71. The molecule has 0 radical (unpaired) electrons. The molecule has 1 fully saturated rings. The van der Waals surface area contributed by atoms with Gasteiger partial charge in [0.2, 0.25) is 5.91 Å². The van der Waals surface area contributed by atoms with Crippen LogP contribution >= 0.6 is 12.4 Å². The van der Waals surface area contributed by atoms with Gasteiger partial charge in [0, 0.05) is 25.1 Å². The van der Waals surface area contributed by atoms with Gasteiger partial charge in [-0.15, -0.1) is 12.4 Å². The van der Waals surface area contributed by atoms with Crippen molar-refractivity contribution in [1.82, 2.24) is 16.0 Å². The van der Waals surface area contributed by atoms with Gasteiger partial charge in [-0.2, -0.15) is 0 Å². The lowest BCUT2D eigenvalue weighted by atomic mass is 10.0. The Kier molecular flexibility index (Phi) is 8.55. The molecule has 1 saturated heterocycles. The van der Waals surface area contributed by atoms with Gasteiger partial charge in [0.1, 0.15) is 0 Å². The largest absolute Gasteiger partial charge is 0.354 e. The average Bonchev–Trinajstić information content (AvgIpc) is 3.03. The van der Waals surface area contributed by atoms with E-state index in [1.54, 1.807) is 12.1 Å². The summed E-state index contributed by atoms with van der Waals surface area (Å²) in [6.07, 6.45) is 2.68. The van der Waals surface area contributed by atoms with E-state index >= 15 is 0 Å². The zero-order valence-electron chi connectivity index (χ0n) is 12.6. The van der Waals surface area contributed by atoms with E-state index in [9.17, 15) is 9.59 Å². The Morgan fingerprint density at radius 3 is 2.55 bits per heavy atom. The summed E-state index contributed by atoms with van der Waals surface area (Å²) in [5, 5.41) is 8.92. The van der Waals surface area contributed by atoms with Crippen LogP contribution in [-0.2, 0) is 4.79 Å². The number of carbonyl (C=O) groups is 2. The molecule has 122 valence electrons. The van der Waals surface area contributed by atoms with Crippen molar-refractivity contribution in [3.8, 4) is 0 Å². The van der Waals surface area contributed by atoms with Crippen molar-refractivity contribution in [3.05, 3.63) is 35.9 Å². The third-order valence-corrected chi connectivity index (χ3v) is 3.71. The molecule has 2 amide bonds. The van der Waals surface area contributed by atoms with E-state index in [0.29, 0.717) is 31.0 Å². The van der Waals surface area contributed by atoms with Crippen molar-refractivity contribution in [2.24, 2.45) is 5.92 Å². The number of nitrogens with one attached hydrogen (secondary N) is 3. The van der Waals surface area contributed by atoms with Gasteiger partial charge in [-0.1, -0.05) is 18.2 Å². The van der Waals surface area contributed by atoms with Crippen molar-refractivity contribution < 1.29 is 9.59 Å². The number of halogens is 1. The van der Waals surface area contributed by atoms with Crippen LogP contribution in [0.4, 0.5) is 0 Å². The molecule has 0 aromatic heterocycles. The molecule has 2 rings (SSSR count). The van der Waals surface area contributed by atoms with Gasteiger partial charge in [0.05, 0.1) is 0 Å². The normalized spacial score (nSPS) is 16.6. The molecule has 1 aromatic carbocycles. The minimum atomic E-state index is -0.109. The standard InChI is InChI=1S/C16H23N3O2.ClH/c20-15(7-6-13-8-9-17-12-13)18-10-11-19-16(21)14-4-2-1-3-5-14;/h1-5,13,17H,6-12H2,(H,18,20)(H,19,21);1H. The maximum absolute atomic E-state index is 11.8. The molecular weight excluding hydrogens is 302 g/mol. The van der Waals surface area contributed by atoms with E-state index < -0.39 is 0 Å². The van der Waals surface area contributed by atoms with Gasteiger partial charge < -0.3 is 16.0 Å². The fourth-order valence-corrected chi connectivity index (χ4v) is 2.45. The summed E-state index contributed by atoms with van der Waals surface area (Å²) >= 11 is 0. The molecule has 1 aromatic rings. The maximum atomic E-state index is 11.8. The molecule has 0 saturated carbocycles. The first-order chi connectivity index (χ1) is 10.3. The minimum absolute atomic E-state index is 0. The fraction of sp³-hybridized carbons (Fsp3) is 0.500. The molecule has 1 unspecified atom stereocenters. The molecule has 1 atom stereocenters. The number of carbonyl (C=O) groups excluding carboxylic acids is 2. The summed E-state index contributed by atoms with van der Waals surface area (Å²) in [5.41, 5.74) is 0.637. The fourth-order valence-electron chi connectivity index (χ4n) is 2.45. The van der Waals surface area contributed by atoms with Crippen LogP contribution in [0.5, 0.6) is 0 Å². The zero-order chi connectivity index (χ0) is 14.9. The summed E-state index contributed by atoms with van der Waals surface area (Å²) in [7, 11) is 0. The highest BCUT2D eigenvalue weighted by atomic mass is 35.5. The molecule has 5 nitrogen and oxygen atoms in total. The summed E-state index contributed by atoms with van der Waals surface area (Å²) in [4.78, 5) is 23.4. The Morgan fingerprint density at radius 2 is 1.86 bits per heavy atom. The molecule has 3 N–H and O–H groups in total. The summed E-state index contributed by atoms with van der Waals surface area (Å²) in [6, 6.07) is 9.06. The van der Waals surface area contributed by atoms with Gasteiger partial charge in [0.15, 0.2) is 0 Å². The third kappa shape index (κ3) is 6.45. The molecule has 1 heterocycles. The highest BCUT2D eigenvalue weighted by molar-refractivity contribution is 5.94. The highest BCUT2D eigenvalue weighted by Crippen LogP contribution is 2.13. The van der Waals surface area contributed by atoms with Crippen molar-refractivity contribution in [3.63, 3.8) is 0 Å². The van der Waals surface area contributed by atoms with E-state index in [4.69, 9.17) is 0 Å². The minimum Gasteiger partial charge on any atom is -0.354 e. The van der Waals surface area contributed by atoms with E-state index in [1.807, 2.05) is 18.2 Å². The van der Waals surface area contributed by atoms with Crippen molar-refractivity contribution >= 4 is 24.2 Å². The quantitative estimate of drug-likeness (QED) is 0.663. The van der Waals surface area contributed by atoms with Crippen LogP contribution in [-0.4, -0.2) is 38.0 Å². The van der Waals surface area contributed by atoms with Gasteiger partial charge in [-0.3, -0.25) is 9.59 Å². The van der Waals surface area contributed by atoms with Crippen LogP contribution < -0.4 is 16.0 Å². The van der Waals surface area contributed by atoms with E-state index in [-0.39, 0.29) is 24.2 Å². The predicted molar refractivity (Wildman–Crippen MR) is 89.2 cm³/mol. The SMILES string of the molecule is Cl.O=C(CCC1CCNC1)NCCNC(=O)c1ccccc1. The van der Waals surface area contributed by atoms with Crippen molar-refractivity contribution in [2.45, 2.75) is 19.3 Å². The Hall–Kier alpha value is -1.59. The van der Waals surface area contributed by atoms with Crippen LogP contribution in [0.2, 0.25) is 0 Å². The Bertz CT molecular complexity index is 462.